The Labute approximate surface area is 157 Å². The molecule has 3 rings (SSSR count). The number of hydrogen-bond donors (Lipinski definition) is 3. The molecule has 0 fully saturated rings. The van der Waals surface area contributed by atoms with E-state index in [4.69, 9.17) is 4.74 Å². The fourth-order valence-corrected chi connectivity index (χ4v) is 2.39. The van der Waals surface area contributed by atoms with Crippen LogP contribution in [-0.2, 0) is 6.18 Å². The molecule has 0 atom stereocenters. The van der Waals surface area contributed by atoms with Gasteiger partial charge in [-0.1, -0.05) is 12.1 Å². The quantitative estimate of drug-likeness (QED) is 0.576. The van der Waals surface area contributed by atoms with Crippen molar-refractivity contribution in [2.75, 3.05) is 5.32 Å². The topological polar surface area (TPSA) is 78.8 Å². The zero-order chi connectivity index (χ0) is 20.3. The average molecular weight is 389 g/mol. The minimum Gasteiger partial charge on any atom is -0.508 e. The van der Waals surface area contributed by atoms with E-state index in [1.807, 2.05) is 0 Å². The number of rotatable bonds is 4. The van der Waals surface area contributed by atoms with Crippen LogP contribution in [-0.4, -0.2) is 16.1 Å². The summed E-state index contributed by atoms with van der Waals surface area (Å²) in [7, 11) is 0. The maximum absolute atomic E-state index is 13.1. The van der Waals surface area contributed by atoms with E-state index < -0.39 is 17.6 Å². The van der Waals surface area contributed by atoms with Gasteiger partial charge in [0.05, 0.1) is 16.8 Å². The number of phenols is 2. The molecule has 3 aromatic rings. The van der Waals surface area contributed by atoms with Gasteiger partial charge < -0.3 is 20.3 Å². The van der Waals surface area contributed by atoms with Gasteiger partial charge in [0, 0.05) is 0 Å². The van der Waals surface area contributed by atoms with Crippen molar-refractivity contribution in [1.82, 2.24) is 0 Å². The number of carbonyl (C=O) groups excluding carboxylic acids is 1. The van der Waals surface area contributed by atoms with Gasteiger partial charge in [0.25, 0.3) is 5.91 Å². The average Bonchev–Trinajstić information content (AvgIpc) is 2.64. The van der Waals surface area contributed by atoms with Crippen LogP contribution < -0.4 is 10.1 Å². The van der Waals surface area contributed by atoms with Crippen molar-refractivity contribution >= 4 is 11.6 Å². The normalized spacial score (nSPS) is 11.1. The highest BCUT2D eigenvalue weighted by Crippen LogP contribution is 2.37. The maximum Gasteiger partial charge on any atom is 0.416 e. The fraction of sp³-hybridized carbons (Fsp3) is 0.0500. The standard InChI is InChI=1S/C20H14F3NO4/c21-20(22,23)12-5-10-18(28-14-8-6-13(25)7-9-14)16(11-12)24-19(27)15-3-1-2-4-17(15)26/h1-11,25-26H,(H,24,27). The summed E-state index contributed by atoms with van der Waals surface area (Å²) in [4.78, 5) is 12.4. The minimum absolute atomic E-state index is 0.00662. The second-order valence-electron chi connectivity index (χ2n) is 5.78. The molecule has 0 saturated heterocycles. The van der Waals surface area contributed by atoms with Crippen molar-refractivity contribution in [1.29, 1.82) is 0 Å². The van der Waals surface area contributed by atoms with Gasteiger partial charge in [0.1, 0.15) is 17.2 Å². The molecule has 0 aliphatic rings. The van der Waals surface area contributed by atoms with Gasteiger partial charge in [-0.25, -0.2) is 0 Å². The lowest BCUT2D eigenvalue weighted by molar-refractivity contribution is -0.137. The molecule has 1 amide bonds. The molecule has 0 unspecified atom stereocenters. The van der Waals surface area contributed by atoms with Crippen LogP contribution in [0.1, 0.15) is 15.9 Å². The number of nitrogens with one attached hydrogen (secondary N) is 1. The maximum atomic E-state index is 13.1. The number of benzene rings is 3. The summed E-state index contributed by atoms with van der Waals surface area (Å²) in [5.41, 5.74) is -1.30. The number of anilines is 1. The molecule has 8 heteroatoms. The summed E-state index contributed by atoms with van der Waals surface area (Å²) in [6, 6.07) is 13.8. The summed E-state index contributed by atoms with van der Waals surface area (Å²) in [5.74, 6) is -0.910. The molecule has 0 radical (unpaired) electrons. The van der Waals surface area contributed by atoms with Crippen LogP contribution in [0.2, 0.25) is 0 Å². The number of aromatic hydroxyl groups is 2. The Hall–Kier alpha value is -3.68. The van der Waals surface area contributed by atoms with Gasteiger partial charge in [-0.3, -0.25) is 4.79 Å². The van der Waals surface area contributed by atoms with E-state index in [0.717, 1.165) is 18.2 Å². The number of ether oxygens (including phenoxy) is 1. The molecule has 0 aliphatic heterocycles. The highest BCUT2D eigenvalue weighted by molar-refractivity contribution is 6.06. The van der Waals surface area contributed by atoms with Gasteiger partial charge in [-0.15, -0.1) is 0 Å². The second kappa shape index (κ2) is 7.51. The first kappa shape index (κ1) is 19.1. The smallest absolute Gasteiger partial charge is 0.416 e. The van der Waals surface area contributed by atoms with Crippen LogP contribution in [0.5, 0.6) is 23.0 Å². The molecule has 3 N–H and O–H groups in total. The Kier molecular flexibility index (Phi) is 5.12. The molecule has 0 aliphatic carbocycles. The van der Waals surface area contributed by atoms with Crippen LogP contribution in [0.4, 0.5) is 18.9 Å². The van der Waals surface area contributed by atoms with Crippen LogP contribution in [0.15, 0.2) is 66.7 Å². The molecule has 144 valence electrons. The fourth-order valence-electron chi connectivity index (χ4n) is 2.39. The lowest BCUT2D eigenvalue weighted by Gasteiger charge is -2.15. The van der Waals surface area contributed by atoms with Crippen molar-refractivity contribution in [2.24, 2.45) is 0 Å². The van der Waals surface area contributed by atoms with Gasteiger partial charge in [0.2, 0.25) is 0 Å². The van der Waals surface area contributed by atoms with Crippen molar-refractivity contribution in [3.8, 4) is 23.0 Å². The number of halogens is 3. The third-order valence-electron chi connectivity index (χ3n) is 3.77. The molecule has 0 aromatic heterocycles. The number of alkyl halides is 3. The van der Waals surface area contributed by atoms with E-state index in [9.17, 15) is 28.2 Å². The zero-order valence-electron chi connectivity index (χ0n) is 14.2. The van der Waals surface area contributed by atoms with Crippen LogP contribution in [0.3, 0.4) is 0 Å². The van der Waals surface area contributed by atoms with Crippen molar-refractivity contribution < 1.29 is 32.9 Å². The number of para-hydroxylation sites is 1. The number of carbonyl (C=O) groups is 1. The van der Waals surface area contributed by atoms with Crippen LogP contribution >= 0.6 is 0 Å². The third kappa shape index (κ3) is 4.35. The summed E-state index contributed by atoms with van der Waals surface area (Å²) >= 11 is 0. The predicted molar refractivity (Wildman–Crippen MR) is 95.7 cm³/mol. The Morgan fingerprint density at radius 3 is 2.25 bits per heavy atom. The molecular formula is C20H14F3NO4. The van der Waals surface area contributed by atoms with E-state index >= 15 is 0 Å². The van der Waals surface area contributed by atoms with Crippen LogP contribution in [0, 0.1) is 0 Å². The Balaban J connectivity index is 1.96. The molecule has 28 heavy (non-hydrogen) atoms. The second-order valence-corrected chi connectivity index (χ2v) is 5.78. The lowest BCUT2D eigenvalue weighted by atomic mass is 10.1. The first-order valence-corrected chi connectivity index (χ1v) is 8.01. The molecule has 0 spiro atoms. The predicted octanol–water partition coefficient (Wildman–Crippen LogP) is 5.16. The molecule has 0 saturated carbocycles. The zero-order valence-corrected chi connectivity index (χ0v) is 14.2. The molecule has 0 heterocycles. The van der Waals surface area contributed by atoms with E-state index in [-0.39, 0.29) is 34.2 Å². The molecular weight excluding hydrogens is 375 g/mol. The highest BCUT2D eigenvalue weighted by Gasteiger charge is 2.31. The van der Waals surface area contributed by atoms with Gasteiger partial charge in [0.15, 0.2) is 5.75 Å². The molecule has 0 bridgehead atoms. The third-order valence-corrected chi connectivity index (χ3v) is 3.77. The van der Waals surface area contributed by atoms with E-state index in [1.165, 1.54) is 48.5 Å². The largest absolute Gasteiger partial charge is 0.508 e. The number of hydrogen-bond acceptors (Lipinski definition) is 4. The van der Waals surface area contributed by atoms with Gasteiger partial charge in [-0.2, -0.15) is 13.2 Å². The summed E-state index contributed by atoms with van der Waals surface area (Å²) < 4.78 is 44.8. The Morgan fingerprint density at radius 2 is 1.61 bits per heavy atom. The molecule has 3 aromatic carbocycles. The summed E-state index contributed by atoms with van der Waals surface area (Å²) in [6.07, 6.45) is -4.62. The first-order valence-electron chi connectivity index (χ1n) is 8.01. The summed E-state index contributed by atoms with van der Waals surface area (Å²) in [5, 5.41) is 21.4. The van der Waals surface area contributed by atoms with Crippen molar-refractivity contribution in [2.45, 2.75) is 6.18 Å². The van der Waals surface area contributed by atoms with E-state index in [1.54, 1.807) is 0 Å². The van der Waals surface area contributed by atoms with Gasteiger partial charge >= 0.3 is 6.18 Å². The van der Waals surface area contributed by atoms with Crippen molar-refractivity contribution in [3.05, 3.63) is 77.9 Å². The lowest BCUT2D eigenvalue weighted by Crippen LogP contribution is -2.14. The van der Waals surface area contributed by atoms with Gasteiger partial charge in [-0.05, 0) is 54.6 Å². The number of amides is 1. The minimum atomic E-state index is -4.62. The van der Waals surface area contributed by atoms with E-state index in [0.29, 0.717) is 0 Å². The Morgan fingerprint density at radius 1 is 0.929 bits per heavy atom. The monoisotopic (exact) mass is 389 g/mol. The Bertz CT molecular complexity index is 1000. The van der Waals surface area contributed by atoms with Crippen LogP contribution in [0.25, 0.3) is 0 Å². The molecule has 5 nitrogen and oxygen atoms in total. The van der Waals surface area contributed by atoms with Crippen molar-refractivity contribution in [3.63, 3.8) is 0 Å². The first-order chi connectivity index (χ1) is 13.2. The number of phenolic OH excluding ortho intramolecular Hbond substituents is 2. The summed E-state index contributed by atoms with van der Waals surface area (Å²) in [6.45, 7) is 0. The highest BCUT2D eigenvalue weighted by atomic mass is 19.4. The SMILES string of the molecule is O=C(Nc1cc(C(F)(F)F)ccc1Oc1ccc(O)cc1)c1ccccc1O. The van der Waals surface area contributed by atoms with E-state index in [2.05, 4.69) is 5.32 Å².